The Labute approximate surface area is 122 Å². The molecule has 104 valence electrons. The number of carboxylic acids is 1. The third-order valence-electron chi connectivity index (χ3n) is 2.26. The number of nitrogens with zero attached hydrogens (tertiary/aromatic N) is 1. The fourth-order valence-corrected chi connectivity index (χ4v) is 2.63. The molecule has 0 saturated heterocycles. The summed E-state index contributed by atoms with van der Waals surface area (Å²) in [6.45, 7) is 1.17. The zero-order chi connectivity index (χ0) is 14.6. The number of rotatable bonds is 5. The first kappa shape index (κ1) is 15.6. The number of carbonyl (C=O) groups excluding carboxylic acids is 2. The van der Waals surface area contributed by atoms with Gasteiger partial charge in [0.1, 0.15) is 6.04 Å². The Balaban J connectivity index is 2.55. The fourth-order valence-electron chi connectivity index (χ4n) is 1.25. The topological polar surface area (TPSA) is 86.7 Å². The molecule has 0 saturated carbocycles. The molecule has 6 nitrogen and oxygen atoms in total. The molecule has 19 heavy (non-hydrogen) atoms. The van der Waals surface area contributed by atoms with Crippen molar-refractivity contribution in [3.8, 4) is 0 Å². The van der Waals surface area contributed by atoms with Crippen LogP contribution in [0.4, 0.5) is 0 Å². The van der Waals surface area contributed by atoms with Crippen LogP contribution in [0.1, 0.15) is 16.6 Å². The molecule has 0 aromatic carbocycles. The molecule has 0 radical (unpaired) electrons. The Kier molecular flexibility index (Phi) is 5.49. The molecule has 2 N–H and O–H groups in total. The minimum atomic E-state index is -1.12. The van der Waals surface area contributed by atoms with Gasteiger partial charge < -0.3 is 15.3 Å². The van der Waals surface area contributed by atoms with Gasteiger partial charge in [0.05, 0.1) is 15.2 Å². The molecule has 0 fully saturated rings. The Bertz CT molecular complexity index is 503. The molecule has 0 aliphatic carbocycles. The monoisotopic (exact) mass is 348 g/mol. The van der Waals surface area contributed by atoms with E-state index in [1.165, 1.54) is 30.2 Å². The summed E-state index contributed by atoms with van der Waals surface area (Å²) in [5.74, 6) is -1.92. The highest BCUT2D eigenvalue weighted by Crippen LogP contribution is 2.22. The van der Waals surface area contributed by atoms with E-state index in [2.05, 4.69) is 21.2 Å². The van der Waals surface area contributed by atoms with Crippen molar-refractivity contribution in [3.63, 3.8) is 0 Å². The van der Waals surface area contributed by atoms with Gasteiger partial charge in [0.15, 0.2) is 0 Å². The van der Waals surface area contributed by atoms with Gasteiger partial charge in [-0.2, -0.15) is 0 Å². The number of carboxylic acid groups (broad SMARTS) is 1. The summed E-state index contributed by atoms with van der Waals surface area (Å²) in [7, 11) is 1.49. The molecule has 1 rings (SSSR count). The summed E-state index contributed by atoms with van der Waals surface area (Å²) in [6.07, 6.45) is 0. The van der Waals surface area contributed by atoms with Gasteiger partial charge in [0.2, 0.25) is 5.91 Å². The zero-order valence-electron chi connectivity index (χ0n) is 10.3. The first-order chi connectivity index (χ1) is 8.81. The van der Waals surface area contributed by atoms with Crippen molar-refractivity contribution in [2.24, 2.45) is 0 Å². The molecular weight excluding hydrogens is 336 g/mol. The molecule has 1 atom stereocenters. The zero-order valence-corrected chi connectivity index (χ0v) is 12.7. The number of likely N-dealkylation sites (N-methyl/N-ethyl adjacent to an activating group) is 1. The second-order valence-corrected chi connectivity index (χ2v) is 6.36. The van der Waals surface area contributed by atoms with Gasteiger partial charge in [-0.1, -0.05) is 0 Å². The van der Waals surface area contributed by atoms with Crippen molar-refractivity contribution in [2.75, 3.05) is 13.6 Å². The lowest BCUT2D eigenvalue weighted by molar-refractivity contribution is -0.141. The van der Waals surface area contributed by atoms with E-state index in [9.17, 15) is 14.4 Å². The van der Waals surface area contributed by atoms with Crippen molar-refractivity contribution in [1.29, 1.82) is 0 Å². The highest BCUT2D eigenvalue weighted by Gasteiger charge is 2.19. The van der Waals surface area contributed by atoms with Crippen LogP contribution in [0, 0.1) is 0 Å². The summed E-state index contributed by atoms with van der Waals surface area (Å²) < 4.78 is 0.827. The second-order valence-electron chi connectivity index (χ2n) is 3.89. The van der Waals surface area contributed by atoms with Crippen LogP contribution in [-0.2, 0) is 9.59 Å². The van der Waals surface area contributed by atoms with E-state index in [1.54, 1.807) is 12.1 Å². The SMILES string of the molecule is C[C@H](NC(=O)CN(C)C(=O)c1ccc(Br)s1)C(=O)O. The molecule has 0 spiro atoms. The molecule has 0 unspecified atom stereocenters. The van der Waals surface area contributed by atoms with E-state index in [-0.39, 0.29) is 12.5 Å². The molecule has 2 amide bonds. The maximum absolute atomic E-state index is 11.9. The van der Waals surface area contributed by atoms with Gasteiger partial charge in [0.25, 0.3) is 5.91 Å². The van der Waals surface area contributed by atoms with Gasteiger partial charge in [0, 0.05) is 7.05 Å². The van der Waals surface area contributed by atoms with E-state index in [0.717, 1.165) is 3.79 Å². The Morgan fingerprint density at radius 2 is 2.11 bits per heavy atom. The first-order valence-corrected chi connectivity index (χ1v) is 6.95. The highest BCUT2D eigenvalue weighted by molar-refractivity contribution is 9.11. The van der Waals surface area contributed by atoms with E-state index in [4.69, 9.17) is 5.11 Å². The number of hydrogen-bond donors (Lipinski definition) is 2. The molecule has 0 aliphatic heterocycles. The van der Waals surface area contributed by atoms with Gasteiger partial charge in [-0.05, 0) is 35.0 Å². The normalized spacial score (nSPS) is 11.7. The average Bonchev–Trinajstić information content (AvgIpc) is 2.74. The summed E-state index contributed by atoms with van der Waals surface area (Å²) in [4.78, 5) is 35.8. The second kappa shape index (κ2) is 6.67. The Morgan fingerprint density at radius 1 is 1.47 bits per heavy atom. The van der Waals surface area contributed by atoms with E-state index in [1.807, 2.05) is 0 Å². The number of nitrogens with one attached hydrogen (secondary N) is 1. The molecule has 8 heteroatoms. The lowest BCUT2D eigenvalue weighted by Gasteiger charge is -2.17. The molecule has 1 aromatic heterocycles. The summed E-state index contributed by atoms with van der Waals surface area (Å²) >= 11 is 4.52. The smallest absolute Gasteiger partial charge is 0.325 e. The third kappa shape index (κ3) is 4.64. The molecule has 0 bridgehead atoms. The standard InChI is InChI=1S/C11H13BrN2O4S/c1-6(11(17)18)13-9(15)5-14(2)10(16)7-3-4-8(12)19-7/h3-4,6H,5H2,1-2H3,(H,13,15)(H,17,18)/t6-/m0/s1. The van der Waals surface area contributed by atoms with Crippen molar-refractivity contribution in [3.05, 3.63) is 20.8 Å². The predicted molar refractivity (Wildman–Crippen MR) is 74.2 cm³/mol. The molecule has 0 aliphatic rings. The number of carbonyl (C=O) groups is 3. The minimum absolute atomic E-state index is 0.189. The van der Waals surface area contributed by atoms with Gasteiger partial charge in [-0.15, -0.1) is 11.3 Å². The molecule has 1 heterocycles. The van der Waals surface area contributed by atoms with E-state index < -0.39 is 17.9 Å². The van der Waals surface area contributed by atoms with Crippen LogP contribution in [0.15, 0.2) is 15.9 Å². The van der Waals surface area contributed by atoms with Crippen molar-refractivity contribution in [1.82, 2.24) is 10.2 Å². The maximum Gasteiger partial charge on any atom is 0.325 e. The summed E-state index contributed by atoms with van der Waals surface area (Å²) in [5.41, 5.74) is 0. The summed E-state index contributed by atoms with van der Waals surface area (Å²) in [5, 5.41) is 10.9. The molecular formula is C11H13BrN2O4S. The van der Waals surface area contributed by atoms with Gasteiger partial charge in [-0.25, -0.2) is 0 Å². The lowest BCUT2D eigenvalue weighted by Crippen LogP contribution is -2.44. The number of amides is 2. The fraction of sp³-hybridized carbons (Fsp3) is 0.364. The minimum Gasteiger partial charge on any atom is -0.480 e. The van der Waals surface area contributed by atoms with Crippen LogP contribution in [0.2, 0.25) is 0 Å². The van der Waals surface area contributed by atoms with Crippen LogP contribution in [0.5, 0.6) is 0 Å². The van der Waals surface area contributed by atoms with Crippen LogP contribution in [-0.4, -0.2) is 47.4 Å². The maximum atomic E-state index is 11.9. The van der Waals surface area contributed by atoms with Crippen LogP contribution in [0.25, 0.3) is 0 Å². The Hall–Kier alpha value is -1.41. The quantitative estimate of drug-likeness (QED) is 0.836. The number of aliphatic carboxylic acids is 1. The van der Waals surface area contributed by atoms with E-state index in [0.29, 0.717) is 4.88 Å². The predicted octanol–water partition coefficient (Wildman–Crippen LogP) is 1.17. The number of halogens is 1. The average molecular weight is 349 g/mol. The molecule has 1 aromatic rings. The lowest BCUT2D eigenvalue weighted by atomic mass is 10.3. The van der Waals surface area contributed by atoms with Crippen LogP contribution in [0.3, 0.4) is 0 Å². The van der Waals surface area contributed by atoms with Crippen LogP contribution < -0.4 is 5.32 Å². The van der Waals surface area contributed by atoms with Crippen molar-refractivity contribution >= 4 is 45.1 Å². The number of hydrogen-bond acceptors (Lipinski definition) is 4. The highest BCUT2D eigenvalue weighted by atomic mass is 79.9. The van der Waals surface area contributed by atoms with Gasteiger partial charge >= 0.3 is 5.97 Å². The van der Waals surface area contributed by atoms with Crippen molar-refractivity contribution < 1.29 is 19.5 Å². The van der Waals surface area contributed by atoms with E-state index >= 15 is 0 Å². The summed E-state index contributed by atoms with van der Waals surface area (Å²) in [6, 6.07) is 2.43. The Morgan fingerprint density at radius 3 is 2.58 bits per heavy atom. The van der Waals surface area contributed by atoms with Crippen LogP contribution >= 0.6 is 27.3 Å². The third-order valence-corrected chi connectivity index (χ3v) is 3.87. The largest absolute Gasteiger partial charge is 0.480 e. The number of thiophene rings is 1. The first-order valence-electron chi connectivity index (χ1n) is 5.34. The van der Waals surface area contributed by atoms with Crippen molar-refractivity contribution in [2.45, 2.75) is 13.0 Å². The van der Waals surface area contributed by atoms with Gasteiger partial charge in [-0.3, -0.25) is 14.4 Å².